The summed E-state index contributed by atoms with van der Waals surface area (Å²) in [5, 5.41) is 9.04. The highest BCUT2D eigenvalue weighted by molar-refractivity contribution is 5.93. The molecule has 3 heteroatoms. The Balaban J connectivity index is 2.27. The van der Waals surface area contributed by atoms with E-state index in [1.54, 1.807) is 18.9 Å². The minimum Gasteiger partial charge on any atom is -0.393 e. The Bertz CT molecular complexity index is 245. The maximum Gasteiger partial charge on any atom is 0.298 e. The zero-order valence-corrected chi connectivity index (χ0v) is 8.08. The molecule has 1 aliphatic carbocycles. The molecule has 0 unspecified atom stereocenters. The van der Waals surface area contributed by atoms with Crippen molar-refractivity contribution in [3.05, 3.63) is 0 Å². The van der Waals surface area contributed by atoms with Crippen LogP contribution in [0.4, 0.5) is 0 Å². The van der Waals surface area contributed by atoms with E-state index in [9.17, 15) is 4.79 Å². The molecule has 1 N–H and O–H groups in total. The maximum atomic E-state index is 11.2. The molecule has 1 fully saturated rings. The summed E-state index contributed by atoms with van der Waals surface area (Å²) in [6, 6.07) is 0. The summed E-state index contributed by atoms with van der Waals surface area (Å²) < 4.78 is 0. The summed E-state index contributed by atoms with van der Waals surface area (Å²) in [6.07, 6.45) is 1.49. The fourth-order valence-corrected chi connectivity index (χ4v) is 1.52. The van der Waals surface area contributed by atoms with Crippen molar-refractivity contribution in [2.24, 2.45) is 5.92 Å². The van der Waals surface area contributed by atoms with Gasteiger partial charge in [-0.15, -0.1) is 0 Å². The van der Waals surface area contributed by atoms with Gasteiger partial charge in [0.05, 0.1) is 6.10 Å². The van der Waals surface area contributed by atoms with E-state index in [2.05, 4.69) is 11.8 Å². The molecule has 1 rings (SSSR count). The van der Waals surface area contributed by atoms with Crippen LogP contribution >= 0.6 is 0 Å². The number of nitrogens with zero attached hydrogens (tertiary/aromatic N) is 1. The van der Waals surface area contributed by atoms with Crippen LogP contribution in [-0.2, 0) is 4.79 Å². The molecule has 0 aromatic heterocycles. The van der Waals surface area contributed by atoms with Gasteiger partial charge in [-0.1, -0.05) is 5.92 Å². The third-order valence-electron chi connectivity index (χ3n) is 2.32. The van der Waals surface area contributed by atoms with Crippen molar-refractivity contribution >= 4 is 5.91 Å². The predicted octanol–water partition coefficient (Wildman–Crippen LogP) is 0.239. The van der Waals surface area contributed by atoms with Gasteiger partial charge in [-0.3, -0.25) is 4.79 Å². The smallest absolute Gasteiger partial charge is 0.298 e. The Hall–Kier alpha value is -1.01. The van der Waals surface area contributed by atoms with Gasteiger partial charge in [0, 0.05) is 13.6 Å². The first kappa shape index (κ1) is 10.1. The second kappa shape index (κ2) is 4.29. The number of amides is 1. The minimum absolute atomic E-state index is 0.135. The van der Waals surface area contributed by atoms with Crippen molar-refractivity contribution in [2.45, 2.75) is 25.9 Å². The Morgan fingerprint density at radius 1 is 1.62 bits per heavy atom. The van der Waals surface area contributed by atoms with E-state index in [0.717, 1.165) is 12.8 Å². The molecule has 13 heavy (non-hydrogen) atoms. The summed E-state index contributed by atoms with van der Waals surface area (Å²) in [4.78, 5) is 12.8. The van der Waals surface area contributed by atoms with E-state index in [4.69, 9.17) is 5.11 Å². The van der Waals surface area contributed by atoms with Crippen LogP contribution in [0, 0.1) is 17.8 Å². The van der Waals surface area contributed by atoms with Gasteiger partial charge in [-0.25, -0.2) is 0 Å². The average Bonchev–Trinajstić information content (AvgIpc) is 2.02. The highest BCUT2D eigenvalue weighted by Gasteiger charge is 2.28. The van der Waals surface area contributed by atoms with Crippen molar-refractivity contribution in [3.8, 4) is 11.8 Å². The SMILES string of the molecule is CC#CC(=O)N(C)CC1CC(O)C1. The fraction of sp³-hybridized carbons (Fsp3) is 0.700. The predicted molar refractivity (Wildman–Crippen MR) is 49.8 cm³/mol. The molecule has 72 valence electrons. The molecule has 0 spiro atoms. The normalized spacial score (nSPS) is 25.5. The van der Waals surface area contributed by atoms with Crippen LogP contribution in [-0.4, -0.2) is 35.6 Å². The first-order valence-corrected chi connectivity index (χ1v) is 4.49. The van der Waals surface area contributed by atoms with Crippen molar-refractivity contribution in [1.29, 1.82) is 0 Å². The number of rotatable bonds is 2. The zero-order valence-electron chi connectivity index (χ0n) is 8.08. The van der Waals surface area contributed by atoms with E-state index in [1.165, 1.54) is 0 Å². The molecule has 3 nitrogen and oxygen atoms in total. The van der Waals surface area contributed by atoms with Crippen LogP contribution in [0.25, 0.3) is 0 Å². The van der Waals surface area contributed by atoms with E-state index in [-0.39, 0.29) is 12.0 Å². The molecule has 0 aromatic rings. The van der Waals surface area contributed by atoms with E-state index in [1.807, 2.05) is 0 Å². The highest BCUT2D eigenvalue weighted by Crippen LogP contribution is 2.27. The van der Waals surface area contributed by atoms with Gasteiger partial charge in [0.25, 0.3) is 5.91 Å². The van der Waals surface area contributed by atoms with Crippen molar-refractivity contribution in [2.75, 3.05) is 13.6 Å². The van der Waals surface area contributed by atoms with Gasteiger partial charge in [0.1, 0.15) is 0 Å². The largest absolute Gasteiger partial charge is 0.393 e. The van der Waals surface area contributed by atoms with Gasteiger partial charge in [0.15, 0.2) is 0 Å². The molecular weight excluding hydrogens is 166 g/mol. The van der Waals surface area contributed by atoms with Crippen molar-refractivity contribution in [3.63, 3.8) is 0 Å². The van der Waals surface area contributed by atoms with E-state index in [0.29, 0.717) is 12.5 Å². The number of hydrogen-bond acceptors (Lipinski definition) is 2. The molecule has 0 heterocycles. The first-order valence-electron chi connectivity index (χ1n) is 4.49. The Kier molecular flexibility index (Phi) is 3.32. The van der Waals surface area contributed by atoms with Gasteiger partial charge in [0.2, 0.25) is 0 Å². The number of carbonyl (C=O) groups is 1. The van der Waals surface area contributed by atoms with E-state index < -0.39 is 0 Å². The van der Waals surface area contributed by atoms with Crippen LogP contribution in [0.3, 0.4) is 0 Å². The van der Waals surface area contributed by atoms with Crippen LogP contribution in [0.2, 0.25) is 0 Å². The lowest BCUT2D eigenvalue weighted by molar-refractivity contribution is -0.125. The molecule has 0 aromatic carbocycles. The molecule has 0 atom stereocenters. The number of carbonyl (C=O) groups excluding carboxylic acids is 1. The average molecular weight is 181 g/mol. The number of aliphatic hydroxyl groups is 1. The highest BCUT2D eigenvalue weighted by atomic mass is 16.3. The topological polar surface area (TPSA) is 40.5 Å². The zero-order chi connectivity index (χ0) is 9.84. The van der Waals surface area contributed by atoms with Crippen LogP contribution in [0.15, 0.2) is 0 Å². The second-order valence-electron chi connectivity index (χ2n) is 3.55. The summed E-state index contributed by atoms with van der Waals surface area (Å²) in [5.41, 5.74) is 0. The number of aliphatic hydroxyl groups excluding tert-OH is 1. The van der Waals surface area contributed by atoms with Crippen LogP contribution < -0.4 is 0 Å². The first-order chi connectivity index (χ1) is 6.13. The molecule has 0 bridgehead atoms. The van der Waals surface area contributed by atoms with Crippen LogP contribution in [0.5, 0.6) is 0 Å². The summed E-state index contributed by atoms with van der Waals surface area (Å²) in [6.45, 7) is 2.36. The third-order valence-corrected chi connectivity index (χ3v) is 2.32. The van der Waals surface area contributed by atoms with Crippen molar-refractivity contribution < 1.29 is 9.90 Å². The maximum absolute atomic E-state index is 11.2. The lowest BCUT2D eigenvalue weighted by Gasteiger charge is -2.33. The van der Waals surface area contributed by atoms with Gasteiger partial charge < -0.3 is 10.0 Å². The van der Waals surface area contributed by atoms with Crippen LogP contribution in [0.1, 0.15) is 19.8 Å². The molecule has 1 aliphatic rings. The second-order valence-corrected chi connectivity index (χ2v) is 3.55. The summed E-state index contributed by atoms with van der Waals surface area (Å²) >= 11 is 0. The Labute approximate surface area is 78.7 Å². The Morgan fingerprint density at radius 3 is 2.69 bits per heavy atom. The molecular formula is C10H15NO2. The molecule has 0 radical (unpaired) electrons. The molecule has 0 saturated heterocycles. The Morgan fingerprint density at radius 2 is 2.23 bits per heavy atom. The monoisotopic (exact) mass is 181 g/mol. The standard InChI is InChI=1S/C10H15NO2/c1-3-4-10(13)11(2)7-8-5-9(12)6-8/h8-9,12H,5-7H2,1-2H3. The van der Waals surface area contributed by atoms with Gasteiger partial charge >= 0.3 is 0 Å². The van der Waals surface area contributed by atoms with Gasteiger partial charge in [-0.05, 0) is 31.6 Å². The fourth-order valence-electron chi connectivity index (χ4n) is 1.52. The molecule has 0 aliphatic heterocycles. The molecule has 1 saturated carbocycles. The molecule has 1 amide bonds. The number of hydrogen-bond donors (Lipinski definition) is 1. The minimum atomic E-state index is -0.147. The lowest BCUT2D eigenvalue weighted by atomic mass is 9.82. The summed E-state index contributed by atoms with van der Waals surface area (Å²) in [7, 11) is 1.75. The van der Waals surface area contributed by atoms with Crippen molar-refractivity contribution in [1.82, 2.24) is 4.90 Å². The van der Waals surface area contributed by atoms with Gasteiger partial charge in [-0.2, -0.15) is 0 Å². The lowest BCUT2D eigenvalue weighted by Crippen LogP contribution is -2.39. The third kappa shape index (κ3) is 2.74. The quantitative estimate of drug-likeness (QED) is 0.620. The summed E-state index contributed by atoms with van der Waals surface area (Å²) in [5.74, 6) is 5.39. The van der Waals surface area contributed by atoms with E-state index >= 15 is 0 Å².